The molecule has 34 heavy (non-hydrogen) atoms. The largest absolute Gasteiger partial charge is 0.369 e. The Morgan fingerprint density at radius 1 is 0.735 bits per heavy atom. The normalized spacial score (nSPS) is 15.1. The van der Waals surface area contributed by atoms with E-state index in [1.165, 1.54) is 5.69 Å². The number of benzene rings is 3. The minimum atomic E-state index is 0.756. The first-order valence-electron chi connectivity index (χ1n) is 11.6. The molecular formula is C26H24N8. The third kappa shape index (κ3) is 3.14. The lowest BCUT2D eigenvalue weighted by Crippen LogP contribution is -2.44. The molecule has 0 amide bonds. The Labute approximate surface area is 195 Å². The molecule has 8 nitrogen and oxygen atoms in total. The van der Waals surface area contributed by atoms with Crippen LogP contribution in [-0.2, 0) is 0 Å². The van der Waals surface area contributed by atoms with E-state index in [1.54, 1.807) is 0 Å². The fourth-order valence-electron chi connectivity index (χ4n) is 4.80. The summed E-state index contributed by atoms with van der Waals surface area (Å²) in [5.41, 5.74) is 7.98. The van der Waals surface area contributed by atoms with Crippen LogP contribution in [0.4, 0.5) is 5.69 Å². The Bertz CT molecular complexity index is 1610. The van der Waals surface area contributed by atoms with Crippen molar-refractivity contribution in [3.63, 3.8) is 0 Å². The number of nitrogens with one attached hydrogen (secondary N) is 3. The number of piperazine rings is 1. The first-order chi connectivity index (χ1) is 16.7. The van der Waals surface area contributed by atoms with Gasteiger partial charge in [-0.25, -0.2) is 9.97 Å². The molecule has 1 fully saturated rings. The molecule has 0 unspecified atom stereocenters. The van der Waals surface area contributed by atoms with Crippen LogP contribution >= 0.6 is 0 Å². The summed E-state index contributed by atoms with van der Waals surface area (Å²) in [5, 5.41) is 8.69. The number of aromatic nitrogens is 6. The predicted octanol–water partition coefficient (Wildman–Crippen LogP) is 4.40. The van der Waals surface area contributed by atoms with Gasteiger partial charge in [0.05, 0.1) is 27.6 Å². The molecule has 8 heteroatoms. The molecule has 3 aromatic heterocycles. The zero-order valence-electron chi connectivity index (χ0n) is 18.8. The molecular weight excluding hydrogens is 424 g/mol. The highest BCUT2D eigenvalue weighted by Gasteiger charge is 2.17. The lowest BCUT2D eigenvalue weighted by Gasteiger charge is -2.34. The first kappa shape index (κ1) is 19.3. The summed E-state index contributed by atoms with van der Waals surface area (Å²) < 4.78 is 0. The summed E-state index contributed by atoms with van der Waals surface area (Å²) in [4.78, 5) is 21.3. The van der Waals surface area contributed by atoms with E-state index in [4.69, 9.17) is 9.97 Å². The molecule has 1 aliphatic heterocycles. The topological polar surface area (TPSA) is 92.5 Å². The fraction of sp³-hybridized carbons (Fsp3) is 0.192. The number of nitrogens with zero attached hydrogens (tertiary/aromatic N) is 5. The van der Waals surface area contributed by atoms with Crippen molar-refractivity contribution in [2.24, 2.45) is 0 Å². The highest BCUT2D eigenvalue weighted by Crippen LogP contribution is 2.31. The minimum absolute atomic E-state index is 0.756. The van der Waals surface area contributed by atoms with Crippen molar-refractivity contribution in [2.75, 3.05) is 38.1 Å². The van der Waals surface area contributed by atoms with Crippen molar-refractivity contribution < 1.29 is 0 Å². The number of anilines is 1. The number of imidazole rings is 2. The zero-order chi connectivity index (χ0) is 22.6. The van der Waals surface area contributed by atoms with E-state index < -0.39 is 0 Å². The summed E-state index contributed by atoms with van der Waals surface area (Å²) in [6, 6.07) is 20.8. The molecule has 168 valence electrons. The number of H-pyrrole nitrogens is 3. The smallest absolute Gasteiger partial charge is 0.159 e. The monoisotopic (exact) mass is 448 g/mol. The van der Waals surface area contributed by atoms with Crippen molar-refractivity contribution in [3.05, 3.63) is 60.7 Å². The van der Waals surface area contributed by atoms with E-state index in [9.17, 15) is 0 Å². The molecule has 0 bridgehead atoms. The molecule has 4 heterocycles. The third-order valence-corrected chi connectivity index (χ3v) is 6.78. The maximum absolute atomic E-state index is 4.87. The van der Waals surface area contributed by atoms with Crippen LogP contribution in [0.15, 0.2) is 60.7 Å². The fourth-order valence-corrected chi connectivity index (χ4v) is 4.80. The second kappa shape index (κ2) is 7.43. The van der Waals surface area contributed by atoms with Crippen LogP contribution in [0, 0.1) is 0 Å². The molecule has 7 rings (SSSR count). The Morgan fingerprint density at radius 2 is 1.53 bits per heavy atom. The summed E-state index contributed by atoms with van der Waals surface area (Å²) in [6.07, 6.45) is 0. The van der Waals surface area contributed by atoms with E-state index in [-0.39, 0.29) is 0 Å². The number of para-hydroxylation sites is 2. The van der Waals surface area contributed by atoms with Gasteiger partial charge in [-0.3, -0.25) is 5.10 Å². The van der Waals surface area contributed by atoms with E-state index in [0.29, 0.717) is 0 Å². The van der Waals surface area contributed by atoms with Crippen LogP contribution in [0.25, 0.3) is 55.9 Å². The molecule has 6 aromatic rings. The van der Waals surface area contributed by atoms with Gasteiger partial charge in [0.25, 0.3) is 0 Å². The van der Waals surface area contributed by atoms with Gasteiger partial charge >= 0.3 is 0 Å². The number of rotatable bonds is 3. The third-order valence-electron chi connectivity index (χ3n) is 6.78. The van der Waals surface area contributed by atoms with Crippen molar-refractivity contribution in [2.45, 2.75) is 0 Å². The quantitative estimate of drug-likeness (QED) is 0.373. The highest BCUT2D eigenvalue weighted by atomic mass is 15.2. The minimum Gasteiger partial charge on any atom is -0.369 e. The average molecular weight is 449 g/mol. The lowest BCUT2D eigenvalue weighted by molar-refractivity contribution is 0.313. The molecule has 0 radical (unpaired) electrons. The molecule has 0 spiro atoms. The summed E-state index contributed by atoms with van der Waals surface area (Å²) in [7, 11) is 2.18. The molecule has 0 aliphatic carbocycles. The highest BCUT2D eigenvalue weighted by molar-refractivity contribution is 5.95. The molecule has 3 N–H and O–H groups in total. The van der Waals surface area contributed by atoms with Gasteiger partial charge in [0, 0.05) is 42.8 Å². The van der Waals surface area contributed by atoms with Crippen molar-refractivity contribution in [1.82, 2.24) is 35.0 Å². The van der Waals surface area contributed by atoms with Crippen LogP contribution in [0.5, 0.6) is 0 Å². The number of hydrogen-bond acceptors (Lipinski definition) is 5. The van der Waals surface area contributed by atoms with Gasteiger partial charge in [-0.1, -0.05) is 12.1 Å². The average Bonchev–Trinajstić information content (AvgIpc) is 3.59. The Hall–Kier alpha value is -4.17. The van der Waals surface area contributed by atoms with E-state index in [0.717, 1.165) is 82.1 Å². The second-order valence-electron chi connectivity index (χ2n) is 9.01. The zero-order valence-corrected chi connectivity index (χ0v) is 18.8. The van der Waals surface area contributed by atoms with Gasteiger partial charge in [0.15, 0.2) is 5.82 Å². The van der Waals surface area contributed by atoms with Gasteiger partial charge in [0.2, 0.25) is 0 Å². The van der Waals surface area contributed by atoms with Gasteiger partial charge < -0.3 is 19.8 Å². The van der Waals surface area contributed by atoms with Gasteiger partial charge in [-0.05, 0) is 55.6 Å². The standard InChI is InChI=1S/C26H24N8/c1-33-10-12-34(13-11-33)17-7-9-22-23(15-17)30-25(27-22)16-6-8-19-18(14-16)24(32-31-19)26-28-20-4-2-3-5-21(20)29-26/h2-9,14-15H,10-13H2,1H3,(H,27,30)(H,28,29)(H,31,32). The Morgan fingerprint density at radius 3 is 2.41 bits per heavy atom. The van der Waals surface area contributed by atoms with E-state index in [1.807, 2.05) is 30.3 Å². The van der Waals surface area contributed by atoms with Crippen LogP contribution in [-0.4, -0.2) is 68.3 Å². The predicted molar refractivity (Wildman–Crippen MR) is 136 cm³/mol. The van der Waals surface area contributed by atoms with Crippen LogP contribution in [0.3, 0.4) is 0 Å². The molecule has 0 atom stereocenters. The Balaban J connectivity index is 1.27. The van der Waals surface area contributed by atoms with Gasteiger partial charge in [0.1, 0.15) is 11.5 Å². The maximum Gasteiger partial charge on any atom is 0.159 e. The number of likely N-dealkylation sites (N-methyl/N-ethyl adjacent to an activating group) is 1. The van der Waals surface area contributed by atoms with Crippen molar-refractivity contribution >= 4 is 38.7 Å². The summed E-state index contributed by atoms with van der Waals surface area (Å²) >= 11 is 0. The van der Waals surface area contributed by atoms with Crippen LogP contribution < -0.4 is 4.90 Å². The molecule has 3 aromatic carbocycles. The Kier molecular flexibility index (Phi) is 4.22. The van der Waals surface area contributed by atoms with Gasteiger partial charge in [-0.15, -0.1) is 0 Å². The van der Waals surface area contributed by atoms with E-state index in [2.05, 4.69) is 67.3 Å². The van der Waals surface area contributed by atoms with Gasteiger partial charge in [-0.2, -0.15) is 5.10 Å². The summed E-state index contributed by atoms with van der Waals surface area (Å²) in [5.74, 6) is 1.61. The van der Waals surface area contributed by atoms with E-state index >= 15 is 0 Å². The summed E-state index contributed by atoms with van der Waals surface area (Å²) in [6.45, 7) is 4.27. The lowest BCUT2D eigenvalue weighted by atomic mass is 10.1. The van der Waals surface area contributed by atoms with Crippen LogP contribution in [0.1, 0.15) is 0 Å². The first-order valence-corrected chi connectivity index (χ1v) is 11.6. The van der Waals surface area contributed by atoms with Crippen LogP contribution in [0.2, 0.25) is 0 Å². The molecule has 1 aliphatic rings. The molecule has 1 saturated heterocycles. The molecule has 0 saturated carbocycles. The van der Waals surface area contributed by atoms with Crippen molar-refractivity contribution in [3.8, 4) is 22.9 Å². The van der Waals surface area contributed by atoms with Crippen molar-refractivity contribution in [1.29, 1.82) is 0 Å². The number of aromatic amines is 3. The maximum atomic E-state index is 4.87. The second-order valence-corrected chi connectivity index (χ2v) is 9.01. The number of fused-ring (bicyclic) bond motifs is 3. The number of hydrogen-bond donors (Lipinski definition) is 3. The SMILES string of the molecule is CN1CCN(c2ccc3nc(-c4ccc5[nH]nc(-c6nc7ccccc7[nH]6)c5c4)[nH]c3c2)CC1.